The minimum atomic E-state index is -4.61. The van der Waals surface area contributed by atoms with Crippen LogP contribution in [-0.4, -0.2) is 40.2 Å². The lowest BCUT2D eigenvalue weighted by Gasteiger charge is -2.26. The molecule has 0 aromatic carbocycles. The molecule has 0 aliphatic carbocycles. The lowest BCUT2D eigenvalue weighted by Crippen LogP contribution is -2.47. The summed E-state index contributed by atoms with van der Waals surface area (Å²) in [6.07, 6.45) is -4.95. The smallest absolute Gasteiger partial charge is 0.379 e. The molecule has 1 unspecified atom stereocenters. The highest BCUT2D eigenvalue weighted by Crippen LogP contribution is 2.38. The van der Waals surface area contributed by atoms with Crippen molar-refractivity contribution in [2.75, 3.05) is 18.0 Å². The van der Waals surface area contributed by atoms with Gasteiger partial charge in [-0.15, -0.1) is 5.10 Å². The van der Waals surface area contributed by atoms with Gasteiger partial charge in [0.05, 0.1) is 12.2 Å². The fourth-order valence-corrected chi connectivity index (χ4v) is 1.78. The topological polar surface area (TPSA) is 49.2 Å². The molecule has 1 atom stereocenters. The van der Waals surface area contributed by atoms with E-state index >= 15 is 0 Å². The van der Waals surface area contributed by atoms with E-state index < -0.39 is 18.3 Å². The maximum absolute atomic E-state index is 12.6. The normalized spacial score (nSPS) is 25.4. The quantitative estimate of drug-likeness (QED) is 0.812. The predicted molar refractivity (Wildman–Crippen MR) is 54.6 cm³/mol. The van der Waals surface area contributed by atoms with Gasteiger partial charge in [0.15, 0.2) is 11.4 Å². The van der Waals surface area contributed by atoms with Crippen molar-refractivity contribution < 1.29 is 18.3 Å². The zero-order chi connectivity index (χ0) is 12.7. The minimum absolute atomic E-state index is 0.119. The third-order valence-electron chi connectivity index (χ3n) is 2.88. The van der Waals surface area contributed by atoms with Crippen LogP contribution < -0.4 is 4.90 Å². The zero-order valence-electron chi connectivity index (χ0n) is 9.20. The van der Waals surface area contributed by atoms with Gasteiger partial charge in [-0.2, -0.15) is 18.3 Å². The number of hydrogen-bond acceptors (Lipinski definition) is 4. The van der Waals surface area contributed by atoms with Gasteiger partial charge in [-0.3, -0.25) is 0 Å². The first-order chi connectivity index (χ1) is 7.82. The van der Waals surface area contributed by atoms with Gasteiger partial charge >= 0.3 is 6.18 Å². The highest BCUT2D eigenvalue weighted by atomic mass is 19.4. The molecule has 2 rings (SSSR count). The van der Waals surface area contributed by atoms with E-state index in [4.69, 9.17) is 0 Å². The summed E-state index contributed by atoms with van der Waals surface area (Å²) in [5, 5.41) is 17.1. The number of halogens is 3. The van der Waals surface area contributed by atoms with Gasteiger partial charge in [0.25, 0.3) is 0 Å². The molecule has 2 heterocycles. The Hall–Kier alpha value is -1.37. The van der Waals surface area contributed by atoms with Crippen LogP contribution >= 0.6 is 0 Å². The van der Waals surface area contributed by atoms with Crippen molar-refractivity contribution in [2.45, 2.75) is 25.1 Å². The van der Waals surface area contributed by atoms with Crippen LogP contribution in [0, 0.1) is 6.92 Å². The zero-order valence-corrected chi connectivity index (χ0v) is 9.20. The van der Waals surface area contributed by atoms with Crippen LogP contribution in [0.4, 0.5) is 19.0 Å². The van der Waals surface area contributed by atoms with Crippen LogP contribution in [0.2, 0.25) is 0 Å². The van der Waals surface area contributed by atoms with Crippen molar-refractivity contribution in [3.05, 3.63) is 17.8 Å². The first-order valence-electron chi connectivity index (χ1n) is 5.16. The number of aliphatic hydroxyl groups is 1. The molecule has 0 spiro atoms. The minimum Gasteiger partial charge on any atom is -0.379 e. The van der Waals surface area contributed by atoms with Gasteiger partial charge in [-0.25, -0.2) is 0 Å². The van der Waals surface area contributed by atoms with E-state index in [1.165, 1.54) is 4.90 Å². The van der Waals surface area contributed by atoms with E-state index in [0.29, 0.717) is 11.5 Å². The van der Waals surface area contributed by atoms with E-state index in [9.17, 15) is 18.3 Å². The molecule has 0 bridgehead atoms. The number of hydrogen-bond donors (Lipinski definition) is 1. The first kappa shape index (κ1) is 12.1. The van der Waals surface area contributed by atoms with Crippen LogP contribution in [-0.2, 0) is 0 Å². The van der Waals surface area contributed by atoms with Crippen LogP contribution in [0.3, 0.4) is 0 Å². The van der Waals surface area contributed by atoms with E-state index in [-0.39, 0.29) is 13.0 Å². The average Bonchev–Trinajstić information content (AvgIpc) is 2.63. The Bertz CT molecular complexity index is 406. The first-order valence-corrected chi connectivity index (χ1v) is 5.16. The van der Waals surface area contributed by atoms with Crippen molar-refractivity contribution in [3.8, 4) is 0 Å². The maximum atomic E-state index is 12.6. The molecule has 7 heteroatoms. The molecule has 17 heavy (non-hydrogen) atoms. The summed E-state index contributed by atoms with van der Waals surface area (Å²) in [6.45, 7) is 1.37. The van der Waals surface area contributed by atoms with Gasteiger partial charge in [-0.1, -0.05) is 0 Å². The van der Waals surface area contributed by atoms with Gasteiger partial charge in [0.2, 0.25) is 0 Å². The Balaban J connectivity index is 2.15. The highest BCUT2D eigenvalue weighted by molar-refractivity contribution is 5.40. The number of aryl methyl sites for hydroxylation is 1. The molecular formula is C10H12F3N3O. The molecule has 1 aliphatic rings. The molecule has 1 aromatic rings. The molecule has 1 aliphatic heterocycles. The SMILES string of the molecule is Cc1ccc(N2CCC(O)(C(F)(F)F)C2)nn1. The third-order valence-corrected chi connectivity index (χ3v) is 2.88. The van der Waals surface area contributed by atoms with Crippen molar-refractivity contribution in [2.24, 2.45) is 0 Å². The number of anilines is 1. The molecule has 0 saturated carbocycles. The average molecular weight is 247 g/mol. The fraction of sp³-hybridized carbons (Fsp3) is 0.600. The van der Waals surface area contributed by atoms with E-state index in [0.717, 1.165) is 0 Å². The number of aromatic nitrogens is 2. The van der Waals surface area contributed by atoms with Gasteiger partial charge < -0.3 is 10.0 Å². The van der Waals surface area contributed by atoms with Crippen LogP contribution in [0.5, 0.6) is 0 Å². The number of rotatable bonds is 1. The molecule has 1 N–H and O–H groups in total. The molecular weight excluding hydrogens is 235 g/mol. The lowest BCUT2D eigenvalue weighted by molar-refractivity contribution is -0.250. The summed E-state index contributed by atoms with van der Waals surface area (Å²) >= 11 is 0. The Morgan fingerprint density at radius 2 is 2.06 bits per heavy atom. The van der Waals surface area contributed by atoms with Crippen LogP contribution in [0.1, 0.15) is 12.1 Å². The van der Waals surface area contributed by atoms with Crippen molar-refractivity contribution in [1.82, 2.24) is 10.2 Å². The summed E-state index contributed by atoms with van der Waals surface area (Å²) in [6, 6.07) is 3.28. The Kier molecular flexibility index (Phi) is 2.73. The van der Waals surface area contributed by atoms with Crippen molar-refractivity contribution in [1.29, 1.82) is 0 Å². The third kappa shape index (κ3) is 2.19. The molecule has 0 amide bonds. The van der Waals surface area contributed by atoms with Crippen molar-refractivity contribution >= 4 is 5.82 Å². The molecule has 1 fully saturated rings. The summed E-state index contributed by atoms with van der Waals surface area (Å²) in [7, 11) is 0. The Labute approximate surface area is 96.1 Å². The van der Waals surface area contributed by atoms with Gasteiger partial charge in [0, 0.05) is 13.0 Å². The predicted octanol–water partition coefficient (Wildman–Crippen LogP) is 1.29. The number of alkyl halides is 3. The summed E-state index contributed by atoms with van der Waals surface area (Å²) < 4.78 is 37.8. The van der Waals surface area contributed by atoms with Gasteiger partial charge in [0.1, 0.15) is 0 Å². The van der Waals surface area contributed by atoms with Gasteiger partial charge in [-0.05, 0) is 19.1 Å². The fourth-order valence-electron chi connectivity index (χ4n) is 1.78. The molecule has 0 radical (unpaired) electrons. The number of nitrogens with zero attached hydrogens (tertiary/aromatic N) is 3. The molecule has 4 nitrogen and oxygen atoms in total. The molecule has 94 valence electrons. The van der Waals surface area contributed by atoms with Crippen LogP contribution in [0.25, 0.3) is 0 Å². The van der Waals surface area contributed by atoms with E-state index in [2.05, 4.69) is 10.2 Å². The Morgan fingerprint density at radius 3 is 2.53 bits per heavy atom. The second-order valence-corrected chi connectivity index (χ2v) is 4.23. The summed E-state index contributed by atoms with van der Waals surface area (Å²) in [4.78, 5) is 1.39. The monoisotopic (exact) mass is 247 g/mol. The second-order valence-electron chi connectivity index (χ2n) is 4.23. The molecule has 1 aromatic heterocycles. The lowest BCUT2D eigenvalue weighted by atomic mass is 10.0. The maximum Gasteiger partial charge on any atom is 0.418 e. The second kappa shape index (κ2) is 3.83. The standard InChI is InChI=1S/C10H12F3N3O/c1-7-2-3-8(15-14-7)16-5-4-9(17,6-16)10(11,12)13/h2-3,17H,4-6H2,1H3. The Morgan fingerprint density at radius 1 is 1.35 bits per heavy atom. The molecule has 1 saturated heterocycles. The van der Waals surface area contributed by atoms with Crippen molar-refractivity contribution in [3.63, 3.8) is 0 Å². The van der Waals surface area contributed by atoms with E-state index in [1.807, 2.05) is 0 Å². The highest BCUT2D eigenvalue weighted by Gasteiger charge is 2.57. The van der Waals surface area contributed by atoms with Crippen LogP contribution in [0.15, 0.2) is 12.1 Å². The largest absolute Gasteiger partial charge is 0.418 e. The number of β-amino-alcohol motifs (C(OH)–C–C–N with tert-alkyl or cyclic N) is 1. The van der Waals surface area contributed by atoms with E-state index in [1.54, 1.807) is 19.1 Å². The summed E-state index contributed by atoms with van der Waals surface area (Å²) in [5.74, 6) is 0.357. The summed E-state index contributed by atoms with van der Waals surface area (Å²) in [5.41, 5.74) is -1.95.